The quantitative estimate of drug-likeness (QED) is 0.705. The number of aliphatic imine (C=N–C) groups is 1. The van der Waals surface area contributed by atoms with Crippen LogP contribution in [0.3, 0.4) is 0 Å². The molecule has 0 spiro atoms. The topological polar surface area (TPSA) is 32.7 Å². The van der Waals surface area contributed by atoms with E-state index in [0.29, 0.717) is 6.42 Å². The molecule has 1 aromatic carbocycles. The van der Waals surface area contributed by atoms with Crippen molar-refractivity contribution < 1.29 is 4.79 Å². The summed E-state index contributed by atoms with van der Waals surface area (Å²) >= 11 is 0. The van der Waals surface area contributed by atoms with Crippen LogP contribution < -0.4 is 0 Å². The van der Waals surface area contributed by atoms with Crippen LogP contribution in [0.1, 0.15) is 30.9 Å². The molecular weight excluding hydrogens is 200 g/mol. The molecule has 3 heteroatoms. The molecule has 1 amide bonds. The first-order chi connectivity index (χ1) is 7.84. The van der Waals surface area contributed by atoms with Gasteiger partial charge < -0.3 is 4.90 Å². The van der Waals surface area contributed by atoms with E-state index < -0.39 is 0 Å². The molecule has 1 fully saturated rings. The first-order valence-corrected chi connectivity index (χ1v) is 5.76. The summed E-state index contributed by atoms with van der Waals surface area (Å²) in [7, 11) is 0. The average Bonchev–Trinajstić information content (AvgIpc) is 2.79. The number of amidine groups is 1. The van der Waals surface area contributed by atoms with Gasteiger partial charge >= 0.3 is 0 Å². The van der Waals surface area contributed by atoms with Crippen LogP contribution in [0.4, 0.5) is 0 Å². The van der Waals surface area contributed by atoms with Gasteiger partial charge in [-0.15, -0.1) is 0 Å². The molecule has 3 nitrogen and oxygen atoms in total. The third kappa shape index (κ3) is 1.52. The fourth-order valence-electron chi connectivity index (χ4n) is 2.43. The Balaban J connectivity index is 1.94. The van der Waals surface area contributed by atoms with Crippen molar-refractivity contribution in [2.24, 2.45) is 4.99 Å². The molecule has 2 aliphatic rings. The van der Waals surface area contributed by atoms with E-state index in [0.717, 1.165) is 30.8 Å². The maximum atomic E-state index is 11.9. The monoisotopic (exact) mass is 214 g/mol. The molecule has 0 aliphatic carbocycles. The molecule has 82 valence electrons. The molecule has 0 aromatic heterocycles. The van der Waals surface area contributed by atoms with Crippen molar-refractivity contribution in [3.05, 3.63) is 35.9 Å². The van der Waals surface area contributed by atoms with Crippen LogP contribution in [0.2, 0.25) is 0 Å². The lowest BCUT2D eigenvalue weighted by Gasteiger charge is -2.26. The van der Waals surface area contributed by atoms with Gasteiger partial charge in [0.2, 0.25) is 5.91 Å². The Labute approximate surface area is 94.8 Å². The molecule has 1 aromatic rings. The van der Waals surface area contributed by atoms with Crippen LogP contribution in [0.5, 0.6) is 0 Å². The van der Waals surface area contributed by atoms with Crippen molar-refractivity contribution in [1.29, 1.82) is 0 Å². The first-order valence-electron chi connectivity index (χ1n) is 5.76. The number of fused-ring (bicyclic) bond motifs is 1. The summed E-state index contributed by atoms with van der Waals surface area (Å²) in [5.41, 5.74) is 1.15. The van der Waals surface area contributed by atoms with E-state index >= 15 is 0 Å². The summed E-state index contributed by atoms with van der Waals surface area (Å²) < 4.78 is 0. The highest BCUT2D eigenvalue weighted by atomic mass is 16.2. The fourth-order valence-corrected chi connectivity index (χ4v) is 2.43. The predicted octanol–water partition coefficient (Wildman–Crippen LogP) is 2.15. The number of carbonyl (C=O) groups excluding carboxylic acids is 1. The molecule has 2 heterocycles. The predicted molar refractivity (Wildman–Crippen MR) is 62.2 cm³/mol. The highest BCUT2D eigenvalue weighted by Crippen LogP contribution is 2.29. The molecule has 16 heavy (non-hydrogen) atoms. The van der Waals surface area contributed by atoms with Crippen LogP contribution in [0.15, 0.2) is 35.3 Å². The van der Waals surface area contributed by atoms with E-state index in [-0.39, 0.29) is 11.9 Å². The molecule has 1 atom stereocenters. The van der Waals surface area contributed by atoms with Gasteiger partial charge in [0.05, 0.1) is 12.5 Å². The zero-order chi connectivity index (χ0) is 11.0. The van der Waals surface area contributed by atoms with Crippen molar-refractivity contribution in [1.82, 2.24) is 4.90 Å². The molecule has 1 unspecified atom stereocenters. The maximum absolute atomic E-state index is 11.9. The lowest BCUT2D eigenvalue weighted by Crippen LogP contribution is -2.36. The summed E-state index contributed by atoms with van der Waals surface area (Å²) in [5.74, 6) is 1.22. The number of rotatable bonds is 1. The standard InChI is InChI=1S/C13H14N2O/c16-13-9-11(10-5-2-1-3-6-10)14-12-7-4-8-15(12)13/h1-3,5-6,11H,4,7-9H2. The van der Waals surface area contributed by atoms with Gasteiger partial charge in [-0.3, -0.25) is 9.79 Å². The Kier molecular flexibility index (Phi) is 2.24. The highest BCUT2D eigenvalue weighted by Gasteiger charge is 2.32. The van der Waals surface area contributed by atoms with Gasteiger partial charge in [-0.05, 0) is 12.0 Å². The Bertz CT molecular complexity index is 439. The molecule has 0 saturated carbocycles. The van der Waals surface area contributed by atoms with Crippen molar-refractivity contribution in [2.45, 2.75) is 25.3 Å². The van der Waals surface area contributed by atoms with Gasteiger partial charge in [-0.2, -0.15) is 0 Å². The van der Waals surface area contributed by atoms with Gasteiger partial charge in [0, 0.05) is 13.0 Å². The molecular formula is C13H14N2O. The van der Waals surface area contributed by atoms with Gasteiger partial charge in [-0.25, -0.2) is 0 Å². The zero-order valence-electron chi connectivity index (χ0n) is 9.10. The summed E-state index contributed by atoms with van der Waals surface area (Å²) in [6.45, 7) is 0.860. The summed E-state index contributed by atoms with van der Waals surface area (Å²) in [6, 6.07) is 10.1. The van der Waals surface area contributed by atoms with E-state index in [1.807, 2.05) is 35.2 Å². The summed E-state index contributed by atoms with van der Waals surface area (Å²) in [5, 5.41) is 0. The molecule has 1 saturated heterocycles. The number of nitrogens with zero attached hydrogens (tertiary/aromatic N) is 2. The van der Waals surface area contributed by atoms with E-state index in [4.69, 9.17) is 0 Å². The maximum Gasteiger partial charge on any atom is 0.230 e. The van der Waals surface area contributed by atoms with E-state index in [2.05, 4.69) is 4.99 Å². The molecule has 0 radical (unpaired) electrons. The Morgan fingerprint density at radius 2 is 2.06 bits per heavy atom. The van der Waals surface area contributed by atoms with Crippen LogP contribution in [0, 0.1) is 0 Å². The van der Waals surface area contributed by atoms with Crippen molar-refractivity contribution >= 4 is 11.7 Å². The minimum absolute atomic E-state index is 0.0399. The lowest BCUT2D eigenvalue weighted by molar-refractivity contribution is -0.128. The van der Waals surface area contributed by atoms with Crippen LogP contribution in [-0.4, -0.2) is 23.2 Å². The normalized spacial score (nSPS) is 24.2. The third-order valence-electron chi connectivity index (χ3n) is 3.25. The number of benzene rings is 1. The molecule has 2 aliphatic heterocycles. The van der Waals surface area contributed by atoms with Gasteiger partial charge in [0.1, 0.15) is 5.84 Å². The van der Waals surface area contributed by atoms with Gasteiger partial charge in [-0.1, -0.05) is 30.3 Å². The second-order valence-corrected chi connectivity index (χ2v) is 4.32. The van der Waals surface area contributed by atoms with Crippen molar-refractivity contribution in [3.63, 3.8) is 0 Å². The Morgan fingerprint density at radius 3 is 2.88 bits per heavy atom. The summed E-state index contributed by atoms with van der Waals surface area (Å²) in [6.07, 6.45) is 2.54. The average molecular weight is 214 g/mol. The number of amides is 1. The van der Waals surface area contributed by atoms with Crippen molar-refractivity contribution in [2.75, 3.05) is 6.54 Å². The zero-order valence-corrected chi connectivity index (χ0v) is 9.10. The Morgan fingerprint density at radius 1 is 1.25 bits per heavy atom. The van der Waals surface area contributed by atoms with Crippen molar-refractivity contribution in [3.8, 4) is 0 Å². The smallest absolute Gasteiger partial charge is 0.230 e. The van der Waals surface area contributed by atoms with Gasteiger partial charge in [0.25, 0.3) is 0 Å². The molecule has 3 rings (SSSR count). The van der Waals surface area contributed by atoms with Gasteiger partial charge in [0.15, 0.2) is 0 Å². The first kappa shape index (κ1) is 9.58. The highest BCUT2D eigenvalue weighted by molar-refractivity contribution is 6.01. The minimum Gasteiger partial charge on any atom is -0.301 e. The number of carbonyl (C=O) groups is 1. The van der Waals surface area contributed by atoms with Crippen LogP contribution >= 0.6 is 0 Å². The molecule has 0 N–H and O–H groups in total. The second-order valence-electron chi connectivity index (χ2n) is 4.32. The lowest BCUT2D eigenvalue weighted by atomic mass is 10.0. The van der Waals surface area contributed by atoms with E-state index in [1.165, 1.54) is 0 Å². The fraction of sp³-hybridized carbons (Fsp3) is 0.385. The largest absolute Gasteiger partial charge is 0.301 e. The number of hydrogen-bond acceptors (Lipinski definition) is 2. The summed E-state index contributed by atoms with van der Waals surface area (Å²) in [4.78, 5) is 18.4. The van der Waals surface area contributed by atoms with Crippen LogP contribution in [-0.2, 0) is 4.79 Å². The second kappa shape index (κ2) is 3.74. The third-order valence-corrected chi connectivity index (χ3v) is 3.25. The minimum atomic E-state index is 0.0399. The van der Waals surface area contributed by atoms with Crippen LogP contribution in [0.25, 0.3) is 0 Å². The van der Waals surface area contributed by atoms with E-state index in [1.54, 1.807) is 0 Å². The Hall–Kier alpha value is -1.64. The number of hydrogen-bond donors (Lipinski definition) is 0. The SMILES string of the molecule is O=C1CC(c2ccccc2)N=C2CCCN12. The van der Waals surface area contributed by atoms with E-state index in [9.17, 15) is 4.79 Å². The molecule has 0 bridgehead atoms.